The number of carbonyl (C=O) groups is 3. The average Bonchev–Trinajstić information content (AvgIpc) is 3.44. The number of benzene rings is 1. The van der Waals surface area contributed by atoms with E-state index in [-0.39, 0.29) is 35.8 Å². The van der Waals surface area contributed by atoms with Crippen LogP contribution in [0.5, 0.6) is 0 Å². The first-order valence-corrected chi connectivity index (χ1v) is 13.2. The van der Waals surface area contributed by atoms with Gasteiger partial charge in [0.2, 0.25) is 17.7 Å². The van der Waals surface area contributed by atoms with Crippen LogP contribution in [0.3, 0.4) is 0 Å². The summed E-state index contributed by atoms with van der Waals surface area (Å²) < 4.78 is 6.10. The molecule has 0 unspecified atom stereocenters. The fraction of sp³-hybridized carbons (Fsp3) is 0.679. The molecule has 7 nitrogen and oxygen atoms in total. The Bertz CT molecular complexity index is 910. The maximum absolute atomic E-state index is 13.7. The number of carbonyl (C=O) groups excluding carboxylic acids is 3. The van der Waals surface area contributed by atoms with Crippen molar-refractivity contribution in [1.29, 1.82) is 0 Å². The van der Waals surface area contributed by atoms with Crippen molar-refractivity contribution in [3.8, 4) is 0 Å². The van der Waals surface area contributed by atoms with E-state index in [1.807, 2.05) is 52.8 Å². The molecular weight excluding hydrogens is 442 g/mol. The summed E-state index contributed by atoms with van der Waals surface area (Å²) in [6.45, 7) is 12.9. The van der Waals surface area contributed by atoms with Gasteiger partial charge in [-0.2, -0.15) is 0 Å². The lowest BCUT2D eigenvalue weighted by atomic mass is 9.85. The zero-order chi connectivity index (χ0) is 25.8. The highest BCUT2D eigenvalue weighted by Gasteiger charge is 2.43. The van der Waals surface area contributed by atoms with Crippen LogP contribution in [0, 0.1) is 11.3 Å². The van der Waals surface area contributed by atoms with E-state index in [1.165, 1.54) is 5.56 Å². The van der Waals surface area contributed by atoms with Gasteiger partial charge in [0.05, 0.1) is 12.1 Å². The van der Waals surface area contributed by atoms with Gasteiger partial charge in [0, 0.05) is 25.5 Å². The van der Waals surface area contributed by atoms with E-state index < -0.39 is 17.5 Å². The third kappa shape index (κ3) is 6.24. The highest BCUT2D eigenvalue weighted by Crippen LogP contribution is 2.34. The number of fused-ring (bicyclic) bond motifs is 1. The normalized spacial score (nSPS) is 23.5. The van der Waals surface area contributed by atoms with Crippen LogP contribution in [0.4, 0.5) is 0 Å². The molecule has 2 N–H and O–H groups in total. The van der Waals surface area contributed by atoms with Crippen LogP contribution in [0.1, 0.15) is 84.4 Å². The number of hydrogen-bond acceptors (Lipinski definition) is 4. The number of nitrogens with zero attached hydrogens (tertiary/aromatic N) is 1. The van der Waals surface area contributed by atoms with E-state index in [1.54, 1.807) is 4.90 Å². The Labute approximate surface area is 210 Å². The number of ether oxygens (including phenoxy) is 1. The van der Waals surface area contributed by atoms with E-state index in [2.05, 4.69) is 23.6 Å². The number of amides is 3. The second-order valence-corrected chi connectivity index (χ2v) is 11.1. The maximum Gasteiger partial charge on any atom is 0.246 e. The average molecular weight is 486 g/mol. The highest BCUT2D eigenvalue weighted by molar-refractivity contribution is 5.93. The molecule has 1 aliphatic carbocycles. The van der Waals surface area contributed by atoms with E-state index >= 15 is 0 Å². The minimum atomic E-state index is -0.690. The molecule has 1 saturated heterocycles. The summed E-state index contributed by atoms with van der Waals surface area (Å²) in [5.41, 5.74) is 1.80. The number of hydrogen-bond donors (Lipinski definition) is 2. The summed E-state index contributed by atoms with van der Waals surface area (Å²) in [7, 11) is 0. The lowest BCUT2D eigenvalue weighted by Crippen LogP contribution is -2.58. The SMILES string of the molecule is CCCO[C@@H]1Cc2ccccc2[C@@H]1NC(=O)[C@@H]1CCCN1C(=O)[C@@H](NC(=O)[C@H](C)CC)C(C)(C)C. The molecule has 0 spiro atoms. The molecule has 3 amide bonds. The Morgan fingerprint density at radius 3 is 2.54 bits per heavy atom. The fourth-order valence-electron chi connectivity index (χ4n) is 4.99. The van der Waals surface area contributed by atoms with Crippen LogP contribution < -0.4 is 10.6 Å². The molecule has 1 aromatic rings. The first-order valence-electron chi connectivity index (χ1n) is 13.2. The molecule has 1 aliphatic heterocycles. The Balaban J connectivity index is 1.77. The predicted octanol–water partition coefficient (Wildman–Crippen LogP) is 3.76. The van der Waals surface area contributed by atoms with Gasteiger partial charge in [-0.05, 0) is 42.2 Å². The van der Waals surface area contributed by atoms with Gasteiger partial charge < -0.3 is 20.3 Å². The second kappa shape index (κ2) is 11.5. The fourth-order valence-corrected chi connectivity index (χ4v) is 4.99. The minimum Gasteiger partial charge on any atom is -0.375 e. The molecule has 0 radical (unpaired) electrons. The van der Waals surface area contributed by atoms with Crippen molar-refractivity contribution >= 4 is 17.7 Å². The quantitative estimate of drug-likeness (QED) is 0.558. The standard InChI is InChI=1S/C28H43N3O4/c1-7-16-35-22-17-19-12-9-10-13-20(19)23(22)29-26(33)21-14-11-15-31(21)27(34)24(28(4,5)6)30-25(32)18(3)8-2/h9-10,12-13,18,21-24H,7-8,11,14-17H2,1-6H3,(H,29,33)(H,30,32)/t18-,21+,22-,23+,24-/m1/s1. The summed E-state index contributed by atoms with van der Waals surface area (Å²) in [5.74, 6) is -0.631. The van der Waals surface area contributed by atoms with Crippen molar-refractivity contribution in [1.82, 2.24) is 15.5 Å². The van der Waals surface area contributed by atoms with Crippen LogP contribution in [0.2, 0.25) is 0 Å². The van der Waals surface area contributed by atoms with Gasteiger partial charge >= 0.3 is 0 Å². The lowest BCUT2D eigenvalue weighted by Gasteiger charge is -2.36. The molecule has 3 rings (SSSR count). The molecule has 0 aromatic heterocycles. The third-order valence-corrected chi connectivity index (χ3v) is 7.31. The maximum atomic E-state index is 13.7. The molecule has 1 fully saturated rings. The Kier molecular flexibility index (Phi) is 8.97. The minimum absolute atomic E-state index is 0.112. The van der Waals surface area contributed by atoms with Crippen LogP contribution in [0.15, 0.2) is 24.3 Å². The number of likely N-dealkylation sites (tertiary alicyclic amines) is 1. The Morgan fingerprint density at radius 1 is 1.17 bits per heavy atom. The van der Waals surface area contributed by atoms with Crippen LogP contribution in [-0.2, 0) is 25.5 Å². The third-order valence-electron chi connectivity index (χ3n) is 7.31. The Morgan fingerprint density at radius 2 is 1.89 bits per heavy atom. The van der Waals surface area contributed by atoms with E-state index in [9.17, 15) is 14.4 Å². The van der Waals surface area contributed by atoms with Gasteiger partial charge in [-0.15, -0.1) is 0 Å². The summed E-state index contributed by atoms with van der Waals surface area (Å²) in [6, 6.07) is 6.66. The monoisotopic (exact) mass is 485 g/mol. The first kappa shape index (κ1) is 27.2. The van der Waals surface area contributed by atoms with Crippen molar-refractivity contribution in [2.45, 2.75) is 97.9 Å². The molecule has 1 aromatic carbocycles. The molecule has 2 aliphatic rings. The van der Waals surface area contributed by atoms with Crippen LogP contribution in [0.25, 0.3) is 0 Å². The van der Waals surface area contributed by atoms with Gasteiger partial charge in [0.15, 0.2) is 0 Å². The van der Waals surface area contributed by atoms with Gasteiger partial charge in [-0.3, -0.25) is 14.4 Å². The summed E-state index contributed by atoms with van der Waals surface area (Å²) in [6.07, 6.45) is 3.64. The summed E-state index contributed by atoms with van der Waals surface area (Å²) in [5, 5.41) is 6.20. The van der Waals surface area contributed by atoms with E-state index in [0.29, 0.717) is 26.0 Å². The molecule has 1 heterocycles. The topological polar surface area (TPSA) is 87.7 Å². The highest BCUT2D eigenvalue weighted by atomic mass is 16.5. The Hall–Kier alpha value is -2.41. The zero-order valence-corrected chi connectivity index (χ0v) is 22.2. The molecule has 194 valence electrons. The van der Waals surface area contributed by atoms with E-state index in [4.69, 9.17) is 4.74 Å². The van der Waals surface area contributed by atoms with Crippen molar-refractivity contribution in [2.75, 3.05) is 13.2 Å². The first-order chi connectivity index (χ1) is 16.6. The van der Waals surface area contributed by atoms with E-state index in [0.717, 1.165) is 24.8 Å². The smallest absolute Gasteiger partial charge is 0.246 e. The molecular formula is C28H43N3O4. The molecule has 0 bridgehead atoms. The van der Waals surface area contributed by atoms with Crippen molar-refractivity contribution in [3.05, 3.63) is 35.4 Å². The number of rotatable bonds is 9. The van der Waals surface area contributed by atoms with Gasteiger partial charge in [0.1, 0.15) is 12.1 Å². The largest absolute Gasteiger partial charge is 0.375 e. The van der Waals surface area contributed by atoms with Crippen LogP contribution in [-0.4, -0.2) is 54.0 Å². The lowest BCUT2D eigenvalue weighted by molar-refractivity contribution is -0.144. The summed E-state index contributed by atoms with van der Waals surface area (Å²) >= 11 is 0. The molecule has 0 saturated carbocycles. The summed E-state index contributed by atoms with van der Waals surface area (Å²) in [4.78, 5) is 41.6. The van der Waals surface area contributed by atoms with Crippen molar-refractivity contribution in [3.63, 3.8) is 0 Å². The molecule has 7 heteroatoms. The molecule has 35 heavy (non-hydrogen) atoms. The second-order valence-electron chi connectivity index (χ2n) is 11.1. The zero-order valence-electron chi connectivity index (χ0n) is 22.2. The molecule has 5 atom stereocenters. The van der Waals surface area contributed by atoms with Gasteiger partial charge in [-0.1, -0.05) is 65.8 Å². The number of nitrogens with one attached hydrogen (secondary N) is 2. The predicted molar refractivity (Wildman–Crippen MR) is 137 cm³/mol. The van der Waals surface area contributed by atoms with Gasteiger partial charge in [-0.25, -0.2) is 0 Å². The van der Waals surface area contributed by atoms with Crippen molar-refractivity contribution < 1.29 is 19.1 Å². The van der Waals surface area contributed by atoms with Crippen molar-refractivity contribution in [2.24, 2.45) is 11.3 Å². The van der Waals surface area contributed by atoms with Gasteiger partial charge in [0.25, 0.3) is 0 Å². The van der Waals surface area contributed by atoms with Crippen LogP contribution >= 0.6 is 0 Å².